The average molecular weight is 530 g/mol. The maximum Gasteiger partial charge on any atom is 0.248 e. The van der Waals surface area contributed by atoms with Crippen molar-refractivity contribution in [1.82, 2.24) is 19.9 Å². The number of aromatic nitrogens is 3. The van der Waals surface area contributed by atoms with E-state index in [1.54, 1.807) is 17.0 Å². The normalized spacial score (nSPS) is 19.3. The number of nitrogens with zero attached hydrogens (tertiary/aromatic N) is 6. The van der Waals surface area contributed by atoms with Gasteiger partial charge in [-0.2, -0.15) is 10.2 Å². The van der Waals surface area contributed by atoms with Crippen molar-refractivity contribution < 1.29 is 19.4 Å². The predicted molar refractivity (Wildman–Crippen MR) is 145 cm³/mol. The number of piperidine rings is 1. The van der Waals surface area contributed by atoms with Crippen LogP contribution in [0.4, 0.5) is 17.3 Å². The number of aliphatic hydroxyl groups is 1. The number of anilines is 3. The van der Waals surface area contributed by atoms with Crippen molar-refractivity contribution in [3.8, 4) is 23.2 Å². The molecule has 0 saturated carbocycles. The predicted octanol–water partition coefficient (Wildman–Crippen LogP) is 2.60. The number of likely N-dealkylation sites (tertiary alicyclic amines) is 1. The van der Waals surface area contributed by atoms with E-state index in [9.17, 15) is 10.1 Å². The van der Waals surface area contributed by atoms with Gasteiger partial charge in [-0.05, 0) is 42.5 Å². The van der Waals surface area contributed by atoms with Crippen molar-refractivity contribution in [1.29, 1.82) is 5.26 Å². The molecule has 0 spiro atoms. The van der Waals surface area contributed by atoms with Crippen LogP contribution in [0.1, 0.15) is 18.9 Å². The molecule has 2 N–H and O–H groups in total. The summed E-state index contributed by atoms with van der Waals surface area (Å²) in [6.07, 6.45) is 1.91. The summed E-state index contributed by atoms with van der Waals surface area (Å²) in [7, 11) is 0. The van der Waals surface area contributed by atoms with Gasteiger partial charge in [-0.1, -0.05) is 6.92 Å². The van der Waals surface area contributed by atoms with Crippen LogP contribution in [0, 0.1) is 17.2 Å². The standard InChI is InChI=1S/C28H31N7O4/c1-19-16-35(26(37)17-36)9-8-24(19)39-25-7-2-20(14-21(25)15-29)27-30-18-31-28(33-27)32-22-3-5-23(6-4-22)34-10-12-38-13-11-34/h2-7,14,18-19,24,36H,8-13,16-17H2,1H3,(H,30,31,32,33). The van der Waals surface area contributed by atoms with E-state index in [4.69, 9.17) is 14.6 Å². The van der Waals surface area contributed by atoms with Crippen LogP contribution < -0.4 is 15.0 Å². The van der Waals surface area contributed by atoms with Crippen LogP contribution in [0.5, 0.6) is 5.75 Å². The van der Waals surface area contributed by atoms with Gasteiger partial charge in [0.25, 0.3) is 0 Å². The fraction of sp³-hybridized carbons (Fsp3) is 0.393. The highest BCUT2D eigenvalue weighted by Crippen LogP contribution is 2.29. The molecule has 3 aromatic rings. The molecule has 2 aliphatic heterocycles. The molecule has 2 unspecified atom stereocenters. The summed E-state index contributed by atoms with van der Waals surface area (Å²) in [5.74, 6) is 1.09. The molecule has 0 bridgehead atoms. The van der Waals surface area contributed by atoms with Gasteiger partial charge in [-0.25, -0.2) is 9.97 Å². The molecule has 3 heterocycles. The number of morpholine rings is 1. The fourth-order valence-corrected chi connectivity index (χ4v) is 4.85. The van der Waals surface area contributed by atoms with Crippen LogP contribution in [0.25, 0.3) is 11.4 Å². The van der Waals surface area contributed by atoms with Gasteiger partial charge in [0.2, 0.25) is 11.9 Å². The Kier molecular flexibility index (Phi) is 8.15. The summed E-state index contributed by atoms with van der Waals surface area (Å²) < 4.78 is 11.6. The van der Waals surface area contributed by atoms with Crippen LogP contribution in [-0.4, -0.2) is 83.0 Å². The van der Waals surface area contributed by atoms with E-state index in [0.717, 1.165) is 37.7 Å². The number of carbonyl (C=O) groups is 1. The fourth-order valence-electron chi connectivity index (χ4n) is 4.85. The minimum absolute atomic E-state index is 0.0561. The monoisotopic (exact) mass is 529 g/mol. The Bertz CT molecular complexity index is 1340. The lowest BCUT2D eigenvalue weighted by Crippen LogP contribution is -2.47. The van der Waals surface area contributed by atoms with Crippen LogP contribution in [0.2, 0.25) is 0 Å². The Hall–Kier alpha value is -4.27. The highest BCUT2D eigenvalue weighted by molar-refractivity contribution is 5.77. The SMILES string of the molecule is CC1CN(C(=O)CO)CCC1Oc1ccc(-c2ncnc(Nc3ccc(N4CCOCC4)cc3)n2)cc1C#N. The molecule has 11 nitrogen and oxygen atoms in total. The Balaban J connectivity index is 1.26. The molecule has 2 fully saturated rings. The lowest BCUT2D eigenvalue weighted by molar-refractivity contribution is -0.137. The van der Waals surface area contributed by atoms with Gasteiger partial charge in [-0.3, -0.25) is 4.79 Å². The summed E-state index contributed by atoms with van der Waals surface area (Å²) in [5, 5.41) is 22.2. The zero-order chi connectivity index (χ0) is 27.2. The largest absolute Gasteiger partial charge is 0.489 e. The van der Waals surface area contributed by atoms with Crippen molar-refractivity contribution in [2.24, 2.45) is 5.92 Å². The number of aliphatic hydroxyl groups excluding tert-OH is 1. The summed E-state index contributed by atoms with van der Waals surface area (Å²) in [4.78, 5) is 28.8. The Morgan fingerprint density at radius 3 is 2.69 bits per heavy atom. The summed E-state index contributed by atoms with van der Waals surface area (Å²) in [5.41, 5.74) is 3.04. The van der Waals surface area contributed by atoms with E-state index < -0.39 is 6.61 Å². The molecule has 5 rings (SSSR count). The first-order chi connectivity index (χ1) is 19.0. The van der Waals surface area contributed by atoms with E-state index in [-0.39, 0.29) is 17.9 Å². The number of hydrogen-bond acceptors (Lipinski definition) is 10. The second-order valence-electron chi connectivity index (χ2n) is 9.65. The zero-order valence-electron chi connectivity index (χ0n) is 21.8. The number of amides is 1. The molecule has 0 radical (unpaired) electrons. The third-order valence-electron chi connectivity index (χ3n) is 7.02. The molecular formula is C28H31N7O4. The molecule has 11 heteroatoms. The van der Waals surface area contributed by atoms with E-state index in [2.05, 4.69) is 43.4 Å². The number of hydrogen-bond donors (Lipinski definition) is 2. The summed E-state index contributed by atoms with van der Waals surface area (Å²) >= 11 is 0. The number of carbonyl (C=O) groups excluding carboxylic acids is 1. The van der Waals surface area contributed by atoms with E-state index in [1.807, 2.05) is 25.1 Å². The number of rotatable bonds is 7. The van der Waals surface area contributed by atoms with E-state index in [1.165, 1.54) is 6.33 Å². The van der Waals surface area contributed by atoms with E-state index >= 15 is 0 Å². The van der Waals surface area contributed by atoms with Gasteiger partial charge in [-0.15, -0.1) is 0 Å². The third-order valence-corrected chi connectivity index (χ3v) is 7.02. The van der Waals surface area contributed by atoms with Gasteiger partial charge in [0, 0.05) is 55.5 Å². The van der Waals surface area contributed by atoms with Crippen molar-refractivity contribution >= 4 is 23.2 Å². The van der Waals surface area contributed by atoms with Crippen molar-refractivity contribution in [3.05, 3.63) is 54.4 Å². The maximum absolute atomic E-state index is 11.8. The van der Waals surface area contributed by atoms with Gasteiger partial charge in [0.1, 0.15) is 30.9 Å². The number of benzene rings is 2. The molecule has 2 aliphatic rings. The smallest absolute Gasteiger partial charge is 0.248 e. The number of nitriles is 1. The highest BCUT2D eigenvalue weighted by Gasteiger charge is 2.30. The van der Waals surface area contributed by atoms with Crippen molar-refractivity contribution in [3.63, 3.8) is 0 Å². The molecule has 2 saturated heterocycles. The Labute approximate surface area is 227 Å². The lowest BCUT2D eigenvalue weighted by atomic mass is 9.96. The third kappa shape index (κ3) is 6.25. The molecule has 202 valence electrons. The van der Waals surface area contributed by atoms with Crippen LogP contribution in [0.15, 0.2) is 48.8 Å². The van der Waals surface area contributed by atoms with Crippen LogP contribution in [-0.2, 0) is 9.53 Å². The molecule has 0 aliphatic carbocycles. The molecule has 1 amide bonds. The highest BCUT2D eigenvalue weighted by atomic mass is 16.5. The molecule has 39 heavy (non-hydrogen) atoms. The van der Waals surface area contributed by atoms with Crippen molar-refractivity contribution in [2.45, 2.75) is 19.4 Å². The quantitative estimate of drug-likeness (QED) is 0.470. The first-order valence-electron chi connectivity index (χ1n) is 13.0. The Morgan fingerprint density at radius 1 is 1.18 bits per heavy atom. The van der Waals surface area contributed by atoms with Gasteiger partial charge >= 0.3 is 0 Å². The van der Waals surface area contributed by atoms with Crippen LogP contribution in [0.3, 0.4) is 0 Å². The van der Waals surface area contributed by atoms with Gasteiger partial charge in [0.05, 0.1) is 18.8 Å². The Morgan fingerprint density at radius 2 is 1.97 bits per heavy atom. The lowest BCUT2D eigenvalue weighted by Gasteiger charge is -2.36. The molecule has 1 aromatic heterocycles. The minimum Gasteiger partial charge on any atom is -0.489 e. The number of ether oxygens (including phenoxy) is 2. The maximum atomic E-state index is 11.8. The number of nitrogens with one attached hydrogen (secondary N) is 1. The second kappa shape index (κ2) is 12.1. The molecular weight excluding hydrogens is 498 g/mol. The van der Waals surface area contributed by atoms with E-state index in [0.29, 0.717) is 48.2 Å². The molecule has 2 aromatic carbocycles. The summed E-state index contributed by atoms with van der Waals surface area (Å²) in [6, 6.07) is 15.6. The molecule has 2 atom stereocenters. The second-order valence-corrected chi connectivity index (χ2v) is 9.65. The van der Waals surface area contributed by atoms with Crippen molar-refractivity contribution in [2.75, 3.05) is 56.2 Å². The van der Waals surface area contributed by atoms with Crippen LogP contribution >= 0.6 is 0 Å². The minimum atomic E-state index is -0.492. The van der Waals surface area contributed by atoms with Gasteiger partial charge in [0.15, 0.2) is 5.82 Å². The summed E-state index contributed by atoms with van der Waals surface area (Å²) in [6.45, 7) is 5.74. The van der Waals surface area contributed by atoms with Gasteiger partial charge < -0.3 is 29.7 Å². The first kappa shape index (κ1) is 26.3. The first-order valence-corrected chi connectivity index (χ1v) is 13.0. The topological polar surface area (TPSA) is 137 Å². The zero-order valence-corrected chi connectivity index (χ0v) is 21.8. The average Bonchev–Trinajstić information content (AvgIpc) is 2.99.